The maximum absolute atomic E-state index is 12.1. The first-order valence-electron chi connectivity index (χ1n) is 7.89. The quantitative estimate of drug-likeness (QED) is 0.788. The Labute approximate surface area is 124 Å². The minimum absolute atomic E-state index is 0.0245. The fourth-order valence-electron chi connectivity index (χ4n) is 3.38. The summed E-state index contributed by atoms with van der Waals surface area (Å²) < 4.78 is 5.46. The van der Waals surface area contributed by atoms with E-state index in [1.54, 1.807) is 0 Å². The molecule has 1 aliphatic carbocycles. The van der Waals surface area contributed by atoms with Crippen molar-refractivity contribution in [3.05, 3.63) is 0 Å². The van der Waals surface area contributed by atoms with Gasteiger partial charge in [-0.2, -0.15) is 0 Å². The van der Waals surface area contributed by atoms with E-state index >= 15 is 0 Å². The molecule has 0 spiro atoms. The van der Waals surface area contributed by atoms with Crippen LogP contribution in [0.1, 0.15) is 60.3 Å². The third kappa shape index (κ3) is 4.74. The number of carbonyl (C=O) groups is 1. The van der Waals surface area contributed by atoms with E-state index in [4.69, 9.17) is 10.5 Å². The molecule has 4 nitrogen and oxygen atoms in total. The Balaban J connectivity index is 2.74. The average Bonchev–Trinajstić information content (AvgIpc) is 2.33. The van der Waals surface area contributed by atoms with E-state index in [2.05, 4.69) is 18.7 Å². The number of esters is 1. The third-order valence-corrected chi connectivity index (χ3v) is 4.24. The molecule has 1 fully saturated rings. The summed E-state index contributed by atoms with van der Waals surface area (Å²) in [6, 6.07) is 0. The number of hydrogen-bond acceptors (Lipinski definition) is 4. The van der Waals surface area contributed by atoms with E-state index in [9.17, 15) is 4.79 Å². The Bertz CT molecular complexity index is 325. The third-order valence-electron chi connectivity index (χ3n) is 4.24. The molecule has 1 aliphatic rings. The van der Waals surface area contributed by atoms with Crippen molar-refractivity contribution >= 4 is 5.97 Å². The van der Waals surface area contributed by atoms with Crippen molar-refractivity contribution in [3.8, 4) is 0 Å². The van der Waals surface area contributed by atoms with Gasteiger partial charge in [0.25, 0.3) is 0 Å². The Kier molecular flexibility index (Phi) is 6.02. The van der Waals surface area contributed by atoms with Gasteiger partial charge in [-0.25, -0.2) is 0 Å². The smallest absolute Gasteiger partial charge is 0.320 e. The van der Waals surface area contributed by atoms with Gasteiger partial charge in [0.1, 0.15) is 5.60 Å². The monoisotopic (exact) mass is 284 g/mol. The van der Waals surface area contributed by atoms with Crippen molar-refractivity contribution in [1.82, 2.24) is 4.90 Å². The molecule has 2 N–H and O–H groups in total. The molecule has 118 valence electrons. The zero-order valence-corrected chi connectivity index (χ0v) is 13.9. The molecule has 0 amide bonds. The second kappa shape index (κ2) is 6.90. The van der Waals surface area contributed by atoms with Crippen LogP contribution >= 0.6 is 0 Å². The highest BCUT2D eigenvalue weighted by Crippen LogP contribution is 2.36. The van der Waals surface area contributed by atoms with Crippen molar-refractivity contribution in [3.63, 3.8) is 0 Å². The molecule has 0 saturated heterocycles. The fourth-order valence-corrected chi connectivity index (χ4v) is 3.38. The summed E-state index contributed by atoms with van der Waals surface area (Å²) in [6.07, 6.45) is 4.64. The summed E-state index contributed by atoms with van der Waals surface area (Å²) >= 11 is 0. The molecule has 20 heavy (non-hydrogen) atoms. The summed E-state index contributed by atoms with van der Waals surface area (Å²) in [6.45, 7) is 11.9. The van der Waals surface area contributed by atoms with Gasteiger partial charge in [-0.15, -0.1) is 0 Å². The molecule has 0 aromatic rings. The molecular weight excluding hydrogens is 252 g/mol. The second-order valence-electron chi connectivity index (χ2n) is 7.23. The van der Waals surface area contributed by atoms with Gasteiger partial charge in [-0.1, -0.05) is 26.7 Å². The molecular formula is C16H32N2O2. The lowest BCUT2D eigenvalue weighted by Crippen LogP contribution is -2.57. The molecule has 1 saturated carbocycles. The molecule has 1 rings (SSSR count). The minimum Gasteiger partial charge on any atom is -0.459 e. The summed E-state index contributed by atoms with van der Waals surface area (Å²) in [5.74, 6) is 0.533. The van der Waals surface area contributed by atoms with Gasteiger partial charge in [0.2, 0.25) is 0 Å². The van der Waals surface area contributed by atoms with Crippen molar-refractivity contribution in [2.75, 3.05) is 19.6 Å². The lowest BCUT2D eigenvalue weighted by atomic mass is 9.75. The van der Waals surface area contributed by atoms with Crippen LogP contribution in [-0.2, 0) is 9.53 Å². The fraction of sp³-hybridized carbons (Fsp3) is 0.938. The van der Waals surface area contributed by atoms with Gasteiger partial charge in [-0.3, -0.25) is 9.69 Å². The van der Waals surface area contributed by atoms with Gasteiger partial charge < -0.3 is 10.5 Å². The first-order chi connectivity index (χ1) is 9.22. The van der Waals surface area contributed by atoms with E-state index < -0.39 is 5.60 Å². The van der Waals surface area contributed by atoms with Crippen LogP contribution < -0.4 is 5.73 Å². The average molecular weight is 284 g/mol. The van der Waals surface area contributed by atoms with E-state index in [0.717, 1.165) is 19.4 Å². The Morgan fingerprint density at radius 2 is 2.10 bits per heavy atom. The highest BCUT2D eigenvalue weighted by Gasteiger charge is 2.39. The number of nitrogens with zero attached hydrogens (tertiary/aromatic N) is 1. The van der Waals surface area contributed by atoms with Crippen LogP contribution in [0.4, 0.5) is 0 Å². The number of likely N-dealkylation sites (N-methyl/N-ethyl adjacent to an activating group) is 1. The van der Waals surface area contributed by atoms with Crippen molar-refractivity contribution in [2.24, 2.45) is 11.7 Å². The Hall–Kier alpha value is -0.610. The number of hydrogen-bond donors (Lipinski definition) is 1. The normalized spacial score (nSPS) is 27.6. The minimum atomic E-state index is -0.424. The molecule has 0 aliphatic heterocycles. The van der Waals surface area contributed by atoms with Gasteiger partial charge >= 0.3 is 5.97 Å². The lowest BCUT2D eigenvalue weighted by Gasteiger charge is -2.47. The van der Waals surface area contributed by atoms with E-state index in [1.165, 1.54) is 12.8 Å². The predicted molar refractivity (Wildman–Crippen MR) is 82.5 cm³/mol. The SMILES string of the molecule is CCN(CC(=O)OC(C)(C)C)C1(CN)CCCC(C)C1. The summed E-state index contributed by atoms with van der Waals surface area (Å²) in [5.41, 5.74) is 5.64. The van der Waals surface area contributed by atoms with E-state index in [0.29, 0.717) is 19.0 Å². The maximum atomic E-state index is 12.1. The van der Waals surface area contributed by atoms with Gasteiger partial charge in [-0.05, 0) is 46.1 Å². The van der Waals surface area contributed by atoms with Crippen LogP contribution in [0.25, 0.3) is 0 Å². The van der Waals surface area contributed by atoms with Gasteiger partial charge in [0.15, 0.2) is 0 Å². The second-order valence-corrected chi connectivity index (χ2v) is 7.23. The number of nitrogens with two attached hydrogens (primary N) is 1. The van der Waals surface area contributed by atoms with Gasteiger partial charge in [0, 0.05) is 12.1 Å². The molecule has 0 radical (unpaired) electrons. The Morgan fingerprint density at radius 1 is 1.45 bits per heavy atom. The summed E-state index contributed by atoms with van der Waals surface area (Å²) in [4.78, 5) is 14.3. The van der Waals surface area contributed by atoms with Gasteiger partial charge in [0.05, 0.1) is 6.54 Å². The van der Waals surface area contributed by atoms with Crippen LogP contribution in [-0.4, -0.2) is 41.6 Å². The number of rotatable bonds is 5. The van der Waals surface area contributed by atoms with Crippen LogP contribution in [0.5, 0.6) is 0 Å². The maximum Gasteiger partial charge on any atom is 0.320 e. The molecule has 2 unspecified atom stereocenters. The summed E-state index contributed by atoms with van der Waals surface area (Å²) in [5, 5.41) is 0. The zero-order valence-electron chi connectivity index (χ0n) is 13.9. The van der Waals surface area contributed by atoms with Crippen LogP contribution in [0, 0.1) is 5.92 Å². The zero-order chi connectivity index (χ0) is 15.4. The van der Waals surface area contributed by atoms with Crippen molar-refractivity contribution < 1.29 is 9.53 Å². The molecule has 0 aromatic carbocycles. The highest BCUT2D eigenvalue weighted by atomic mass is 16.6. The van der Waals surface area contributed by atoms with Crippen LogP contribution in [0.15, 0.2) is 0 Å². The summed E-state index contributed by atoms with van der Waals surface area (Å²) in [7, 11) is 0. The van der Waals surface area contributed by atoms with Crippen molar-refractivity contribution in [2.45, 2.75) is 71.4 Å². The molecule has 2 atom stereocenters. The first-order valence-corrected chi connectivity index (χ1v) is 7.89. The lowest BCUT2D eigenvalue weighted by molar-refractivity contribution is -0.158. The molecule has 0 heterocycles. The highest BCUT2D eigenvalue weighted by molar-refractivity contribution is 5.72. The van der Waals surface area contributed by atoms with E-state index in [1.807, 2.05) is 20.8 Å². The largest absolute Gasteiger partial charge is 0.459 e. The van der Waals surface area contributed by atoms with Crippen molar-refractivity contribution in [1.29, 1.82) is 0 Å². The van der Waals surface area contributed by atoms with Crippen LogP contribution in [0.2, 0.25) is 0 Å². The Morgan fingerprint density at radius 3 is 2.55 bits per heavy atom. The molecule has 0 aromatic heterocycles. The standard InChI is InChI=1S/C16H32N2O2/c1-6-18(11-14(19)20-15(3,4)5)16(12-17)9-7-8-13(2)10-16/h13H,6-12,17H2,1-5H3. The molecule has 0 bridgehead atoms. The number of carbonyl (C=O) groups excluding carboxylic acids is 1. The topological polar surface area (TPSA) is 55.6 Å². The first kappa shape index (κ1) is 17.4. The predicted octanol–water partition coefficient (Wildman–Crippen LogP) is 2.56. The van der Waals surface area contributed by atoms with Crippen LogP contribution in [0.3, 0.4) is 0 Å². The van der Waals surface area contributed by atoms with E-state index in [-0.39, 0.29) is 11.5 Å². The number of ether oxygens (including phenoxy) is 1. The molecule has 4 heteroatoms.